The van der Waals surface area contributed by atoms with Crippen LogP contribution < -0.4 is 5.32 Å². The van der Waals surface area contributed by atoms with Crippen LogP contribution in [0.2, 0.25) is 0 Å². The van der Waals surface area contributed by atoms with Crippen molar-refractivity contribution in [2.24, 2.45) is 5.92 Å². The highest BCUT2D eigenvalue weighted by Crippen LogP contribution is 2.39. The fourth-order valence-electron chi connectivity index (χ4n) is 3.77. The summed E-state index contributed by atoms with van der Waals surface area (Å²) < 4.78 is 27.6. The molecule has 6 heteroatoms. The number of nitrogens with zero attached hydrogens (tertiary/aromatic N) is 1. The Balaban J connectivity index is 1.80. The van der Waals surface area contributed by atoms with E-state index in [9.17, 15) is 8.42 Å². The minimum atomic E-state index is -3.35. The van der Waals surface area contributed by atoms with Crippen molar-refractivity contribution in [2.75, 3.05) is 13.1 Å². The summed E-state index contributed by atoms with van der Waals surface area (Å²) in [6.45, 7) is 4.26. The van der Waals surface area contributed by atoms with E-state index in [-0.39, 0.29) is 6.04 Å². The number of H-pyrrole nitrogens is 1. The Kier molecular flexibility index (Phi) is 4.38. The average Bonchev–Trinajstić information content (AvgIpc) is 3.13. The van der Waals surface area contributed by atoms with Crippen molar-refractivity contribution >= 4 is 10.0 Å². The van der Waals surface area contributed by atoms with Crippen LogP contribution in [0.25, 0.3) is 0 Å². The summed E-state index contributed by atoms with van der Waals surface area (Å²) in [6, 6.07) is 2.01. The third-order valence-electron chi connectivity index (χ3n) is 4.83. The summed E-state index contributed by atoms with van der Waals surface area (Å²) >= 11 is 0. The number of fused-ring (bicyclic) bond motifs is 1. The number of piperidine rings is 1. The van der Waals surface area contributed by atoms with Crippen LogP contribution in [0, 0.1) is 5.92 Å². The number of rotatable bonds is 5. The van der Waals surface area contributed by atoms with E-state index in [1.807, 2.05) is 6.92 Å². The van der Waals surface area contributed by atoms with Gasteiger partial charge in [0, 0.05) is 31.0 Å². The van der Waals surface area contributed by atoms with E-state index in [2.05, 4.69) is 10.3 Å². The third kappa shape index (κ3) is 2.89. The van der Waals surface area contributed by atoms with Gasteiger partial charge in [-0.2, -0.15) is 4.31 Å². The second-order valence-corrected chi connectivity index (χ2v) is 8.05. The quantitative estimate of drug-likeness (QED) is 0.875. The SMILES string of the molecule is CCNCc1cc(S(=O)(=O)N2CCCC3CCCC32)c[nH]1. The average molecular weight is 311 g/mol. The number of hydrogen-bond donors (Lipinski definition) is 2. The molecule has 1 aliphatic heterocycles. The molecule has 2 heterocycles. The minimum Gasteiger partial charge on any atom is -0.363 e. The van der Waals surface area contributed by atoms with Crippen molar-refractivity contribution < 1.29 is 8.42 Å². The van der Waals surface area contributed by atoms with Crippen molar-refractivity contribution in [3.8, 4) is 0 Å². The maximum Gasteiger partial charge on any atom is 0.244 e. The minimum absolute atomic E-state index is 0.232. The summed E-state index contributed by atoms with van der Waals surface area (Å²) in [5.74, 6) is 0.577. The molecule has 5 nitrogen and oxygen atoms in total. The van der Waals surface area contributed by atoms with Crippen LogP contribution in [0.5, 0.6) is 0 Å². The molecule has 1 saturated carbocycles. The highest BCUT2D eigenvalue weighted by molar-refractivity contribution is 7.89. The van der Waals surface area contributed by atoms with E-state index < -0.39 is 10.0 Å². The molecule has 2 fully saturated rings. The number of aromatic amines is 1. The molecule has 0 aromatic carbocycles. The molecule has 3 rings (SSSR count). The largest absolute Gasteiger partial charge is 0.363 e. The van der Waals surface area contributed by atoms with Crippen LogP contribution in [0.1, 0.15) is 44.7 Å². The summed E-state index contributed by atoms with van der Waals surface area (Å²) in [5, 5.41) is 3.21. The smallest absolute Gasteiger partial charge is 0.244 e. The molecule has 1 aliphatic carbocycles. The van der Waals surface area contributed by atoms with Crippen molar-refractivity contribution in [1.29, 1.82) is 0 Å². The van der Waals surface area contributed by atoms with E-state index in [0.29, 0.717) is 23.9 Å². The van der Waals surface area contributed by atoms with Gasteiger partial charge in [-0.15, -0.1) is 0 Å². The molecule has 0 amide bonds. The number of nitrogens with one attached hydrogen (secondary N) is 2. The molecule has 1 aromatic rings. The summed E-state index contributed by atoms with van der Waals surface area (Å²) in [4.78, 5) is 3.50. The molecule has 21 heavy (non-hydrogen) atoms. The van der Waals surface area contributed by atoms with Crippen molar-refractivity contribution in [2.45, 2.75) is 56.5 Å². The Labute approximate surface area is 127 Å². The van der Waals surface area contributed by atoms with E-state index in [1.54, 1.807) is 16.6 Å². The van der Waals surface area contributed by atoms with Gasteiger partial charge >= 0.3 is 0 Å². The number of hydrogen-bond acceptors (Lipinski definition) is 3. The van der Waals surface area contributed by atoms with Gasteiger partial charge in [-0.1, -0.05) is 13.3 Å². The Morgan fingerprint density at radius 1 is 1.33 bits per heavy atom. The van der Waals surface area contributed by atoms with Gasteiger partial charge in [-0.25, -0.2) is 8.42 Å². The van der Waals surface area contributed by atoms with Crippen LogP contribution in [0.15, 0.2) is 17.2 Å². The molecule has 1 saturated heterocycles. The third-order valence-corrected chi connectivity index (χ3v) is 6.73. The van der Waals surface area contributed by atoms with Gasteiger partial charge in [0.05, 0.1) is 4.90 Å². The fraction of sp³-hybridized carbons (Fsp3) is 0.733. The van der Waals surface area contributed by atoms with E-state index in [0.717, 1.165) is 25.1 Å². The maximum atomic E-state index is 12.9. The van der Waals surface area contributed by atoms with Crippen LogP contribution in [0.4, 0.5) is 0 Å². The molecule has 0 spiro atoms. The first kappa shape index (κ1) is 15.1. The van der Waals surface area contributed by atoms with Crippen LogP contribution in [-0.2, 0) is 16.6 Å². The van der Waals surface area contributed by atoms with E-state index >= 15 is 0 Å². The topological polar surface area (TPSA) is 65.2 Å². The first-order valence-electron chi connectivity index (χ1n) is 8.03. The van der Waals surface area contributed by atoms with Gasteiger partial charge in [0.15, 0.2) is 0 Å². The fourth-order valence-corrected chi connectivity index (χ4v) is 5.54. The molecular formula is C15H25N3O2S. The maximum absolute atomic E-state index is 12.9. The Morgan fingerprint density at radius 3 is 2.95 bits per heavy atom. The van der Waals surface area contributed by atoms with Gasteiger partial charge in [-0.3, -0.25) is 0 Å². The molecular weight excluding hydrogens is 286 g/mol. The number of sulfonamides is 1. The van der Waals surface area contributed by atoms with Crippen molar-refractivity contribution in [3.63, 3.8) is 0 Å². The van der Waals surface area contributed by atoms with E-state index in [1.165, 1.54) is 19.3 Å². The predicted octanol–water partition coefficient (Wildman–Crippen LogP) is 2.08. The molecule has 2 N–H and O–H groups in total. The van der Waals surface area contributed by atoms with Crippen LogP contribution in [-0.4, -0.2) is 36.8 Å². The van der Waals surface area contributed by atoms with Crippen molar-refractivity contribution in [1.82, 2.24) is 14.6 Å². The highest BCUT2D eigenvalue weighted by Gasteiger charge is 2.41. The van der Waals surface area contributed by atoms with Crippen LogP contribution >= 0.6 is 0 Å². The van der Waals surface area contributed by atoms with E-state index in [4.69, 9.17) is 0 Å². The van der Waals surface area contributed by atoms with Gasteiger partial charge in [0.25, 0.3) is 0 Å². The van der Waals surface area contributed by atoms with Gasteiger partial charge in [-0.05, 0) is 44.2 Å². The molecule has 0 radical (unpaired) electrons. The Morgan fingerprint density at radius 2 is 2.14 bits per heavy atom. The molecule has 118 valence electrons. The summed E-state index contributed by atoms with van der Waals surface area (Å²) in [5.41, 5.74) is 0.926. The van der Waals surface area contributed by atoms with Crippen LogP contribution in [0.3, 0.4) is 0 Å². The second-order valence-electron chi connectivity index (χ2n) is 6.16. The summed E-state index contributed by atoms with van der Waals surface area (Å²) in [7, 11) is -3.35. The molecule has 0 bridgehead atoms. The first-order valence-corrected chi connectivity index (χ1v) is 9.47. The second kappa shape index (κ2) is 6.10. The molecule has 2 atom stereocenters. The van der Waals surface area contributed by atoms with Gasteiger partial charge in [0.1, 0.15) is 0 Å². The summed E-state index contributed by atoms with van der Waals surface area (Å²) in [6.07, 6.45) is 7.21. The standard InChI is InChI=1S/C15H25N3O2S/c1-2-16-10-13-9-14(11-17-13)21(19,20)18-8-4-6-12-5-3-7-15(12)18/h9,11-12,15-17H,2-8,10H2,1H3. The number of aromatic nitrogens is 1. The monoisotopic (exact) mass is 311 g/mol. The molecule has 2 aliphatic rings. The zero-order valence-corrected chi connectivity index (χ0v) is 13.5. The lowest BCUT2D eigenvalue weighted by Gasteiger charge is -2.36. The first-order chi connectivity index (χ1) is 10.1. The lowest BCUT2D eigenvalue weighted by Crippen LogP contribution is -2.45. The predicted molar refractivity (Wildman–Crippen MR) is 82.4 cm³/mol. The van der Waals surface area contributed by atoms with Crippen molar-refractivity contribution in [3.05, 3.63) is 18.0 Å². The lowest BCUT2D eigenvalue weighted by molar-refractivity contribution is 0.202. The highest BCUT2D eigenvalue weighted by atomic mass is 32.2. The van der Waals surface area contributed by atoms with Gasteiger partial charge in [0.2, 0.25) is 10.0 Å². The van der Waals surface area contributed by atoms with Gasteiger partial charge < -0.3 is 10.3 Å². The zero-order chi connectivity index (χ0) is 14.9. The zero-order valence-electron chi connectivity index (χ0n) is 12.6. The normalized spacial score (nSPS) is 26.9. The Bertz CT molecular complexity index is 581. The lowest BCUT2D eigenvalue weighted by atomic mass is 9.94. The molecule has 2 unspecified atom stereocenters. The Hall–Kier alpha value is -0.850. The molecule has 1 aromatic heterocycles.